The molecule has 128 valence electrons. The number of nitrogens with two attached hydrogens (primary N) is 1. The standard InChI is InChI=1S/C17H25N3O2.H2O/c18-9-13-2-1-3-20(13)15(21)14(19)16-5-11-4-12(6-16)8-17(22,7-11)10-16;/h11-14,22H,1-8,10,19H2;1H2/t11-,12+,13-,14+,16?,17?;/m0./s1. The van der Waals surface area contributed by atoms with Gasteiger partial charge in [-0.05, 0) is 68.6 Å². The Morgan fingerprint density at radius 1 is 1.30 bits per heavy atom. The number of carbonyl (C=O) groups excluding carboxylic acids is 1. The molecule has 1 aliphatic heterocycles. The molecule has 0 aromatic carbocycles. The predicted octanol–water partition coefficient (Wildman–Crippen LogP) is 0.335. The zero-order valence-electron chi connectivity index (χ0n) is 13.5. The van der Waals surface area contributed by atoms with Crippen LogP contribution in [-0.2, 0) is 4.79 Å². The molecule has 1 amide bonds. The van der Waals surface area contributed by atoms with Gasteiger partial charge >= 0.3 is 0 Å². The Bertz CT molecular complexity index is 530. The topological polar surface area (TPSA) is 122 Å². The third kappa shape index (κ3) is 2.46. The van der Waals surface area contributed by atoms with Crippen LogP contribution in [0.4, 0.5) is 0 Å². The van der Waals surface area contributed by atoms with Crippen LogP contribution in [-0.4, -0.2) is 45.6 Å². The first kappa shape index (κ1) is 16.7. The summed E-state index contributed by atoms with van der Waals surface area (Å²) in [6.07, 6.45) is 7.23. The minimum Gasteiger partial charge on any atom is -0.412 e. The molecule has 5 rings (SSSR count). The molecule has 6 nitrogen and oxygen atoms in total. The molecule has 0 spiro atoms. The molecule has 0 aromatic heterocycles. The normalized spacial score (nSPS) is 45.4. The SMILES string of the molecule is N#C[C@@H]1CCCN1C(=O)[C@@H](N)C12C[C@@H]3C[C@@H](CC(O)(C3)C1)C2.O. The van der Waals surface area contributed by atoms with Crippen LogP contribution in [0, 0.1) is 28.6 Å². The van der Waals surface area contributed by atoms with E-state index in [1.54, 1.807) is 4.90 Å². The van der Waals surface area contributed by atoms with Crippen molar-refractivity contribution in [3.05, 3.63) is 0 Å². The largest absolute Gasteiger partial charge is 0.412 e. The number of hydrogen-bond donors (Lipinski definition) is 2. The van der Waals surface area contributed by atoms with E-state index in [1.807, 2.05) is 0 Å². The number of hydrogen-bond acceptors (Lipinski definition) is 4. The minimum atomic E-state index is -0.596. The van der Waals surface area contributed by atoms with Gasteiger partial charge in [-0.1, -0.05) is 0 Å². The highest BCUT2D eigenvalue weighted by Crippen LogP contribution is 2.62. The number of aliphatic hydroxyl groups is 1. The zero-order valence-corrected chi connectivity index (χ0v) is 13.5. The summed E-state index contributed by atoms with van der Waals surface area (Å²) in [6.45, 7) is 0.651. The van der Waals surface area contributed by atoms with Gasteiger partial charge in [0.2, 0.25) is 5.91 Å². The Balaban J connectivity index is 0.00000156. The molecule has 6 atom stereocenters. The van der Waals surface area contributed by atoms with Crippen LogP contribution in [0.25, 0.3) is 0 Å². The van der Waals surface area contributed by atoms with Gasteiger partial charge in [-0.25, -0.2) is 0 Å². The Morgan fingerprint density at radius 3 is 2.52 bits per heavy atom. The van der Waals surface area contributed by atoms with Crippen LogP contribution < -0.4 is 5.73 Å². The average Bonchev–Trinajstić information content (AvgIpc) is 2.91. The van der Waals surface area contributed by atoms with Gasteiger partial charge in [0.15, 0.2) is 0 Å². The lowest BCUT2D eigenvalue weighted by Crippen LogP contribution is -2.64. The number of amides is 1. The number of likely N-dealkylation sites (tertiary alicyclic amines) is 1. The fourth-order valence-electron chi connectivity index (χ4n) is 6.25. The first-order valence-electron chi connectivity index (χ1n) is 8.63. The van der Waals surface area contributed by atoms with Gasteiger partial charge in [0.05, 0.1) is 17.7 Å². The van der Waals surface area contributed by atoms with Gasteiger partial charge in [-0.15, -0.1) is 0 Å². The molecule has 0 radical (unpaired) electrons. The van der Waals surface area contributed by atoms with Crippen LogP contribution >= 0.6 is 0 Å². The summed E-state index contributed by atoms with van der Waals surface area (Å²) < 4.78 is 0. The van der Waals surface area contributed by atoms with Crippen molar-refractivity contribution in [2.24, 2.45) is 23.0 Å². The predicted molar refractivity (Wildman–Crippen MR) is 84.0 cm³/mol. The van der Waals surface area contributed by atoms with Gasteiger partial charge in [-0.2, -0.15) is 5.26 Å². The maximum Gasteiger partial charge on any atom is 0.241 e. The lowest BCUT2D eigenvalue weighted by molar-refractivity contribution is -0.177. The third-order valence-electron chi connectivity index (χ3n) is 6.69. The Hall–Kier alpha value is -1.16. The second-order valence-corrected chi connectivity index (χ2v) is 8.34. The lowest BCUT2D eigenvalue weighted by Gasteiger charge is -2.61. The molecule has 4 saturated carbocycles. The first-order chi connectivity index (χ1) is 10.4. The van der Waals surface area contributed by atoms with Gasteiger partial charge < -0.3 is 21.2 Å². The number of nitrogens with zero attached hydrogens (tertiary/aromatic N) is 2. The third-order valence-corrected chi connectivity index (χ3v) is 6.69. The minimum absolute atomic E-state index is 0. The van der Waals surface area contributed by atoms with Crippen LogP contribution in [0.15, 0.2) is 0 Å². The Morgan fingerprint density at radius 2 is 1.96 bits per heavy atom. The van der Waals surface area contributed by atoms with Crippen molar-refractivity contribution in [3.8, 4) is 6.07 Å². The lowest BCUT2D eigenvalue weighted by atomic mass is 9.46. The van der Waals surface area contributed by atoms with E-state index >= 15 is 0 Å². The van der Waals surface area contributed by atoms with Crippen molar-refractivity contribution in [2.45, 2.75) is 69.1 Å². The molecule has 5 aliphatic rings. The van der Waals surface area contributed by atoms with E-state index < -0.39 is 11.6 Å². The number of nitriles is 1. The molecule has 5 N–H and O–H groups in total. The molecule has 5 fully saturated rings. The highest BCUT2D eigenvalue weighted by Gasteiger charge is 2.60. The van der Waals surface area contributed by atoms with E-state index in [0.29, 0.717) is 24.8 Å². The highest BCUT2D eigenvalue weighted by atomic mass is 16.3. The molecule has 23 heavy (non-hydrogen) atoms. The van der Waals surface area contributed by atoms with E-state index in [9.17, 15) is 15.2 Å². The van der Waals surface area contributed by atoms with Gasteiger partial charge in [-0.3, -0.25) is 4.79 Å². The molecule has 4 aliphatic carbocycles. The summed E-state index contributed by atoms with van der Waals surface area (Å²) in [7, 11) is 0. The van der Waals surface area contributed by atoms with Crippen molar-refractivity contribution in [3.63, 3.8) is 0 Å². The monoisotopic (exact) mass is 321 g/mol. The van der Waals surface area contributed by atoms with Crippen molar-refractivity contribution in [1.29, 1.82) is 5.26 Å². The second-order valence-electron chi connectivity index (χ2n) is 8.34. The van der Waals surface area contributed by atoms with Gasteiger partial charge in [0.1, 0.15) is 6.04 Å². The smallest absolute Gasteiger partial charge is 0.241 e. The molecule has 6 heteroatoms. The van der Waals surface area contributed by atoms with Crippen LogP contribution in [0.1, 0.15) is 51.4 Å². The molecular weight excluding hydrogens is 294 g/mol. The van der Waals surface area contributed by atoms with Crippen molar-refractivity contribution >= 4 is 5.91 Å². The Kier molecular flexibility index (Phi) is 3.95. The summed E-state index contributed by atoms with van der Waals surface area (Å²) in [4.78, 5) is 14.6. The summed E-state index contributed by atoms with van der Waals surface area (Å²) in [6, 6.07) is 1.36. The molecule has 2 unspecified atom stereocenters. The summed E-state index contributed by atoms with van der Waals surface area (Å²) in [5, 5.41) is 20.0. The first-order valence-corrected chi connectivity index (χ1v) is 8.63. The van der Waals surface area contributed by atoms with E-state index in [-0.39, 0.29) is 22.8 Å². The Labute approximate surface area is 136 Å². The molecule has 1 saturated heterocycles. The maximum atomic E-state index is 12.9. The van der Waals surface area contributed by atoms with Crippen molar-refractivity contribution in [1.82, 2.24) is 4.90 Å². The zero-order chi connectivity index (χ0) is 15.5. The quantitative estimate of drug-likeness (QED) is 0.761. The summed E-state index contributed by atoms with van der Waals surface area (Å²) in [5.74, 6) is 0.987. The second kappa shape index (κ2) is 5.44. The van der Waals surface area contributed by atoms with Crippen LogP contribution in [0.2, 0.25) is 0 Å². The van der Waals surface area contributed by atoms with Gasteiger partial charge in [0.25, 0.3) is 0 Å². The maximum absolute atomic E-state index is 12.9. The van der Waals surface area contributed by atoms with Crippen molar-refractivity contribution < 1.29 is 15.4 Å². The van der Waals surface area contributed by atoms with Crippen LogP contribution in [0.3, 0.4) is 0 Å². The average molecular weight is 321 g/mol. The van der Waals surface area contributed by atoms with E-state index in [4.69, 9.17) is 5.73 Å². The molecular formula is C17H27N3O3. The van der Waals surface area contributed by atoms with Crippen molar-refractivity contribution in [2.75, 3.05) is 6.54 Å². The number of rotatable bonds is 2. The highest BCUT2D eigenvalue weighted by molar-refractivity contribution is 5.83. The molecule has 4 bridgehead atoms. The van der Waals surface area contributed by atoms with Gasteiger partial charge in [0, 0.05) is 6.54 Å². The van der Waals surface area contributed by atoms with E-state index in [2.05, 4.69) is 6.07 Å². The molecule has 1 heterocycles. The summed E-state index contributed by atoms with van der Waals surface area (Å²) >= 11 is 0. The van der Waals surface area contributed by atoms with E-state index in [1.165, 1.54) is 6.42 Å². The number of carbonyl (C=O) groups is 1. The van der Waals surface area contributed by atoms with E-state index in [0.717, 1.165) is 38.5 Å². The molecule has 0 aromatic rings. The summed E-state index contributed by atoms with van der Waals surface area (Å²) in [5.41, 5.74) is 5.63. The fraction of sp³-hybridized carbons (Fsp3) is 0.882. The fourth-order valence-corrected chi connectivity index (χ4v) is 6.25. The van der Waals surface area contributed by atoms with Crippen LogP contribution in [0.5, 0.6) is 0 Å².